The third-order valence-electron chi connectivity index (χ3n) is 2.61. The molecule has 1 rings (SSSR count). The van der Waals surface area contributed by atoms with Crippen LogP contribution >= 0.6 is 12.2 Å². The number of nitrogens with zero attached hydrogens (tertiary/aromatic N) is 1. The molecule has 0 aromatic carbocycles. The fraction of sp³-hybridized carbons (Fsp3) is 0.545. The molecule has 1 amide bonds. The fourth-order valence-electron chi connectivity index (χ4n) is 1.23. The van der Waals surface area contributed by atoms with Crippen LogP contribution in [0.3, 0.4) is 0 Å². The van der Waals surface area contributed by atoms with E-state index in [1.165, 1.54) is 0 Å². The molecule has 0 radical (unpaired) electrons. The van der Waals surface area contributed by atoms with Gasteiger partial charge in [-0.15, -0.1) is 0 Å². The molecule has 0 aliphatic rings. The van der Waals surface area contributed by atoms with Crippen LogP contribution in [0.15, 0.2) is 12.4 Å². The molecular weight excluding hydrogens is 236 g/mol. The van der Waals surface area contributed by atoms with Gasteiger partial charge in [-0.05, 0) is 20.3 Å². The summed E-state index contributed by atoms with van der Waals surface area (Å²) in [7, 11) is 0. The number of aromatic amines is 1. The van der Waals surface area contributed by atoms with E-state index in [-0.39, 0.29) is 10.9 Å². The number of nitrogens with one attached hydrogen (secondary N) is 2. The van der Waals surface area contributed by atoms with Crippen molar-refractivity contribution in [3.63, 3.8) is 0 Å². The van der Waals surface area contributed by atoms with Crippen LogP contribution in [0.25, 0.3) is 0 Å². The van der Waals surface area contributed by atoms with Gasteiger partial charge in [0.2, 0.25) is 5.91 Å². The summed E-state index contributed by atoms with van der Waals surface area (Å²) in [6, 6.07) is 0. The van der Waals surface area contributed by atoms with Crippen LogP contribution in [0.4, 0.5) is 0 Å². The first kappa shape index (κ1) is 13.6. The minimum absolute atomic E-state index is 0.135. The zero-order valence-electron chi connectivity index (χ0n) is 10.1. The van der Waals surface area contributed by atoms with Crippen molar-refractivity contribution >= 4 is 23.1 Å². The Kier molecular flexibility index (Phi) is 4.62. The molecule has 17 heavy (non-hydrogen) atoms. The second kappa shape index (κ2) is 5.77. The Morgan fingerprint density at radius 1 is 1.65 bits per heavy atom. The predicted octanol–water partition coefficient (Wildman–Crippen LogP) is 0.771. The first-order chi connectivity index (χ1) is 7.94. The van der Waals surface area contributed by atoms with Crippen LogP contribution in [-0.4, -0.2) is 27.4 Å². The lowest BCUT2D eigenvalue weighted by Crippen LogP contribution is -2.45. The highest BCUT2D eigenvalue weighted by Crippen LogP contribution is 2.15. The van der Waals surface area contributed by atoms with E-state index >= 15 is 0 Å². The molecule has 0 saturated heterocycles. The van der Waals surface area contributed by atoms with Gasteiger partial charge in [0.25, 0.3) is 0 Å². The molecule has 1 aromatic rings. The molecule has 1 heterocycles. The second-order valence-electron chi connectivity index (χ2n) is 4.38. The van der Waals surface area contributed by atoms with E-state index in [0.717, 1.165) is 18.7 Å². The van der Waals surface area contributed by atoms with Gasteiger partial charge >= 0.3 is 0 Å². The largest absolute Gasteiger partial charge is 0.392 e. The van der Waals surface area contributed by atoms with Crippen LogP contribution in [-0.2, 0) is 11.2 Å². The number of carbonyl (C=O) groups excluding carboxylic acids is 1. The van der Waals surface area contributed by atoms with E-state index in [1.54, 1.807) is 26.2 Å². The minimum atomic E-state index is -0.792. The topological polar surface area (TPSA) is 83.8 Å². The Balaban J connectivity index is 2.27. The summed E-state index contributed by atoms with van der Waals surface area (Å²) in [5.74, 6) is 0.789. The number of aryl methyl sites for hydroxylation is 1. The molecule has 1 aromatic heterocycles. The summed E-state index contributed by atoms with van der Waals surface area (Å²) in [6.07, 6.45) is 5.13. The average molecular weight is 254 g/mol. The number of hydrogen-bond acceptors (Lipinski definition) is 3. The van der Waals surface area contributed by atoms with Crippen LogP contribution in [0.2, 0.25) is 0 Å². The lowest BCUT2D eigenvalue weighted by atomic mass is 9.92. The number of aromatic nitrogens is 2. The number of amides is 1. The molecule has 0 aliphatic carbocycles. The van der Waals surface area contributed by atoms with Crippen molar-refractivity contribution in [1.82, 2.24) is 15.3 Å². The zero-order chi connectivity index (χ0) is 12.9. The SMILES string of the molecule is CC(C)(C(=O)NCCCc1ncc[nH]1)C(N)=S. The van der Waals surface area contributed by atoms with Gasteiger partial charge in [0.15, 0.2) is 0 Å². The van der Waals surface area contributed by atoms with Gasteiger partial charge in [-0.1, -0.05) is 12.2 Å². The summed E-state index contributed by atoms with van der Waals surface area (Å²) in [5, 5.41) is 2.82. The third-order valence-corrected chi connectivity index (χ3v) is 3.12. The first-order valence-electron chi connectivity index (χ1n) is 5.51. The van der Waals surface area contributed by atoms with Crippen molar-refractivity contribution < 1.29 is 4.79 Å². The van der Waals surface area contributed by atoms with Crippen molar-refractivity contribution in [1.29, 1.82) is 0 Å². The van der Waals surface area contributed by atoms with Crippen LogP contribution in [0.1, 0.15) is 26.1 Å². The quantitative estimate of drug-likeness (QED) is 0.517. The smallest absolute Gasteiger partial charge is 0.232 e. The van der Waals surface area contributed by atoms with Gasteiger partial charge in [0.05, 0.1) is 10.4 Å². The minimum Gasteiger partial charge on any atom is -0.392 e. The number of thiocarbonyl (C=S) groups is 1. The molecule has 0 fully saturated rings. The Hall–Kier alpha value is -1.43. The van der Waals surface area contributed by atoms with Crippen molar-refractivity contribution in [3.8, 4) is 0 Å². The molecular formula is C11H18N4OS. The standard InChI is InChI=1S/C11H18N4OS/c1-11(2,9(12)17)10(16)15-5-3-4-8-13-6-7-14-8/h6-7H,3-5H2,1-2H3,(H2,12,17)(H,13,14)(H,15,16). The number of rotatable bonds is 6. The Labute approximate surface area is 106 Å². The van der Waals surface area contributed by atoms with Crippen molar-refractivity contribution in [2.75, 3.05) is 6.54 Å². The molecule has 0 spiro atoms. The Morgan fingerprint density at radius 2 is 2.35 bits per heavy atom. The lowest BCUT2D eigenvalue weighted by molar-refractivity contribution is -0.126. The summed E-state index contributed by atoms with van der Waals surface area (Å²) in [6.45, 7) is 4.03. The number of carbonyl (C=O) groups is 1. The molecule has 0 bridgehead atoms. The molecule has 4 N–H and O–H groups in total. The molecule has 0 aliphatic heterocycles. The maximum absolute atomic E-state index is 11.8. The van der Waals surface area contributed by atoms with Gasteiger partial charge in [0.1, 0.15) is 5.82 Å². The monoisotopic (exact) mass is 254 g/mol. The van der Waals surface area contributed by atoms with Gasteiger partial charge in [-0.25, -0.2) is 4.98 Å². The highest BCUT2D eigenvalue weighted by Gasteiger charge is 2.30. The molecule has 5 nitrogen and oxygen atoms in total. The van der Waals surface area contributed by atoms with E-state index in [1.807, 2.05) is 0 Å². The third kappa shape index (κ3) is 3.81. The van der Waals surface area contributed by atoms with E-state index in [9.17, 15) is 4.79 Å². The van der Waals surface area contributed by atoms with Gasteiger partial charge < -0.3 is 16.0 Å². The number of hydrogen-bond donors (Lipinski definition) is 3. The molecule has 0 atom stereocenters. The number of imidazole rings is 1. The van der Waals surface area contributed by atoms with Crippen LogP contribution < -0.4 is 11.1 Å². The second-order valence-corrected chi connectivity index (χ2v) is 4.82. The van der Waals surface area contributed by atoms with Gasteiger partial charge in [-0.3, -0.25) is 4.79 Å². The van der Waals surface area contributed by atoms with E-state index in [2.05, 4.69) is 15.3 Å². The molecule has 0 saturated carbocycles. The highest BCUT2D eigenvalue weighted by atomic mass is 32.1. The van der Waals surface area contributed by atoms with Gasteiger partial charge in [0, 0.05) is 25.4 Å². The lowest BCUT2D eigenvalue weighted by Gasteiger charge is -2.21. The average Bonchev–Trinajstić information content (AvgIpc) is 2.76. The Morgan fingerprint density at radius 3 is 2.88 bits per heavy atom. The maximum atomic E-state index is 11.8. The van der Waals surface area contributed by atoms with Gasteiger partial charge in [-0.2, -0.15) is 0 Å². The van der Waals surface area contributed by atoms with Crippen molar-refractivity contribution in [2.45, 2.75) is 26.7 Å². The summed E-state index contributed by atoms with van der Waals surface area (Å²) in [4.78, 5) is 19.1. The van der Waals surface area contributed by atoms with Crippen LogP contribution in [0, 0.1) is 5.41 Å². The summed E-state index contributed by atoms with van der Waals surface area (Å²) in [5.41, 5.74) is 4.72. The summed E-state index contributed by atoms with van der Waals surface area (Å²) >= 11 is 4.85. The number of nitrogens with two attached hydrogens (primary N) is 1. The first-order valence-corrected chi connectivity index (χ1v) is 5.92. The van der Waals surface area contributed by atoms with Crippen molar-refractivity contribution in [3.05, 3.63) is 18.2 Å². The maximum Gasteiger partial charge on any atom is 0.232 e. The molecule has 6 heteroatoms. The van der Waals surface area contributed by atoms with E-state index < -0.39 is 5.41 Å². The fourth-order valence-corrected chi connectivity index (χ4v) is 1.32. The normalized spacial score (nSPS) is 11.2. The summed E-state index contributed by atoms with van der Waals surface area (Å²) < 4.78 is 0. The molecule has 0 unspecified atom stereocenters. The molecule has 94 valence electrons. The highest BCUT2D eigenvalue weighted by molar-refractivity contribution is 7.80. The van der Waals surface area contributed by atoms with Crippen molar-refractivity contribution in [2.24, 2.45) is 11.1 Å². The van der Waals surface area contributed by atoms with E-state index in [0.29, 0.717) is 6.54 Å². The van der Waals surface area contributed by atoms with E-state index in [4.69, 9.17) is 18.0 Å². The zero-order valence-corrected chi connectivity index (χ0v) is 10.9. The number of H-pyrrole nitrogens is 1. The van der Waals surface area contributed by atoms with Crippen LogP contribution in [0.5, 0.6) is 0 Å². The predicted molar refractivity (Wildman–Crippen MR) is 70.5 cm³/mol. The Bertz CT molecular complexity index is 386.